The van der Waals surface area contributed by atoms with Crippen LogP contribution in [0.5, 0.6) is 17.2 Å². The third-order valence-electron chi connectivity index (χ3n) is 4.48. The third-order valence-corrected chi connectivity index (χ3v) is 4.48. The molecule has 0 heterocycles. The number of methoxy groups -OCH3 is 3. The molecule has 0 saturated heterocycles. The van der Waals surface area contributed by atoms with Gasteiger partial charge in [-0.25, -0.2) is 4.79 Å². The SMILES string of the molecule is COc1cc(OC)c(OC)cc1CCNC(=O)Nc1ccc(C(C)(C)C)cc1. The molecule has 152 valence electrons. The lowest BCUT2D eigenvalue weighted by Gasteiger charge is -2.19. The number of anilines is 1. The Hall–Kier alpha value is -2.89. The van der Waals surface area contributed by atoms with E-state index in [0.29, 0.717) is 30.2 Å². The number of amides is 2. The second-order valence-electron chi connectivity index (χ2n) is 7.48. The number of hydrogen-bond donors (Lipinski definition) is 2. The number of ether oxygens (including phenoxy) is 3. The molecule has 2 rings (SSSR count). The molecule has 0 spiro atoms. The second-order valence-corrected chi connectivity index (χ2v) is 7.48. The summed E-state index contributed by atoms with van der Waals surface area (Å²) in [5, 5.41) is 5.71. The van der Waals surface area contributed by atoms with Crippen LogP contribution in [0.15, 0.2) is 36.4 Å². The minimum Gasteiger partial charge on any atom is -0.496 e. The van der Waals surface area contributed by atoms with Crippen molar-refractivity contribution in [2.45, 2.75) is 32.6 Å². The van der Waals surface area contributed by atoms with Gasteiger partial charge in [0.05, 0.1) is 21.3 Å². The first-order valence-corrected chi connectivity index (χ1v) is 9.22. The number of urea groups is 1. The molecule has 0 aliphatic carbocycles. The van der Waals surface area contributed by atoms with Crippen molar-refractivity contribution in [3.63, 3.8) is 0 Å². The van der Waals surface area contributed by atoms with E-state index in [2.05, 4.69) is 31.4 Å². The van der Waals surface area contributed by atoms with Gasteiger partial charge in [-0.2, -0.15) is 0 Å². The van der Waals surface area contributed by atoms with Crippen LogP contribution < -0.4 is 24.8 Å². The van der Waals surface area contributed by atoms with Crippen molar-refractivity contribution in [1.29, 1.82) is 0 Å². The maximum atomic E-state index is 12.2. The minimum absolute atomic E-state index is 0.0826. The molecular weight excluding hydrogens is 356 g/mol. The Bertz CT molecular complexity index is 795. The van der Waals surface area contributed by atoms with Gasteiger partial charge in [0.2, 0.25) is 0 Å². The highest BCUT2D eigenvalue weighted by Gasteiger charge is 2.14. The van der Waals surface area contributed by atoms with Crippen molar-refractivity contribution < 1.29 is 19.0 Å². The molecule has 0 fully saturated rings. The molecule has 28 heavy (non-hydrogen) atoms. The Morgan fingerprint density at radius 3 is 2.00 bits per heavy atom. The number of benzene rings is 2. The average Bonchev–Trinajstić information content (AvgIpc) is 2.67. The summed E-state index contributed by atoms with van der Waals surface area (Å²) in [6, 6.07) is 11.3. The topological polar surface area (TPSA) is 68.8 Å². The van der Waals surface area contributed by atoms with Gasteiger partial charge in [-0.15, -0.1) is 0 Å². The molecule has 0 unspecified atom stereocenters. The Morgan fingerprint density at radius 1 is 0.893 bits per heavy atom. The zero-order chi connectivity index (χ0) is 20.7. The quantitative estimate of drug-likeness (QED) is 0.741. The maximum Gasteiger partial charge on any atom is 0.319 e. The number of rotatable bonds is 7. The van der Waals surface area contributed by atoms with Gasteiger partial charge in [-0.1, -0.05) is 32.9 Å². The van der Waals surface area contributed by atoms with Crippen LogP contribution >= 0.6 is 0 Å². The van der Waals surface area contributed by atoms with Crippen molar-refractivity contribution >= 4 is 11.7 Å². The van der Waals surface area contributed by atoms with Crippen LogP contribution in [-0.4, -0.2) is 33.9 Å². The molecule has 0 atom stereocenters. The molecule has 0 saturated carbocycles. The van der Waals surface area contributed by atoms with Crippen molar-refractivity contribution in [2.75, 3.05) is 33.2 Å². The van der Waals surface area contributed by atoms with Gasteiger partial charge in [-0.05, 0) is 41.2 Å². The average molecular weight is 386 g/mol. The molecule has 0 bridgehead atoms. The van der Waals surface area contributed by atoms with E-state index in [1.807, 2.05) is 30.3 Å². The molecule has 0 aliphatic heterocycles. The van der Waals surface area contributed by atoms with Gasteiger partial charge in [0.25, 0.3) is 0 Å². The van der Waals surface area contributed by atoms with Crippen molar-refractivity contribution in [2.24, 2.45) is 0 Å². The van der Waals surface area contributed by atoms with Crippen LogP contribution in [0.4, 0.5) is 10.5 Å². The zero-order valence-corrected chi connectivity index (χ0v) is 17.5. The van der Waals surface area contributed by atoms with E-state index < -0.39 is 0 Å². The smallest absolute Gasteiger partial charge is 0.319 e. The van der Waals surface area contributed by atoms with E-state index in [-0.39, 0.29) is 11.4 Å². The molecule has 2 aromatic carbocycles. The second kappa shape index (κ2) is 9.35. The summed E-state index contributed by atoms with van der Waals surface area (Å²) in [7, 11) is 4.77. The van der Waals surface area contributed by atoms with E-state index in [4.69, 9.17) is 14.2 Å². The Labute approximate surface area is 167 Å². The third kappa shape index (κ3) is 5.55. The van der Waals surface area contributed by atoms with Crippen LogP contribution in [0.3, 0.4) is 0 Å². The van der Waals surface area contributed by atoms with Crippen molar-refractivity contribution in [3.05, 3.63) is 47.5 Å². The fourth-order valence-electron chi connectivity index (χ4n) is 2.83. The Kier molecular flexibility index (Phi) is 7.15. The van der Waals surface area contributed by atoms with E-state index in [1.54, 1.807) is 27.4 Å². The first-order valence-electron chi connectivity index (χ1n) is 9.22. The van der Waals surface area contributed by atoms with Crippen molar-refractivity contribution in [3.8, 4) is 17.2 Å². The van der Waals surface area contributed by atoms with E-state index in [1.165, 1.54) is 5.56 Å². The molecule has 0 radical (unpaired) electrons. The van der Waals surface area contributed by atoms with Crippen LogP contribution in [-0.2, 0) is 11.8 Å². The van der Waals surface area contributed by atoms with Gasteiger partial charge >= 0.3 is 6.03 Å². The monoisotopic (exact) mass is 386 g/mol. The normalized spacial score (nSPS) is 10.9. The molecule has 2 N–H and O–H groups in total. The fourth-order valence-corrected chi connectivity index (χ4v) is 2.83. The number of hydrogen-bond acceptors (Lipinski definition) is 4. The number of carbonyl (C=O) groups excluding carboxylic acids is 1. The molecule has 2 amide bonds. The highest BCUT2D eigenvalue weighted by Crippen LogP contribution is 2.34. The lowest BCUT2D eigenvalue weighted by Crippen LogP contribution is -2.30. The van der Waals surface area contributed by atoms with Crippen LogP contribution in [0.2, 0.25) is 0 Å². The van der Waals surface area contributed by atoms with E-state index >= 15 is 0 Å². The summed E-state index contributed by atoms with van der Waals surface area (Å²) in [6.07, 6.45) is 0.597. The predicted octanol–water partition coefficient (Wildman–Crippen LogP) is 4.37. The highest BCUT2D eigenvalue weighted by molar-refractivity contribution is 5.89. The molecule has 0 aromatic heterocycles. The van der Waals surface area contributed by atoms with Crippen LogP contribution in [0.1, 0.15) is 31.9 Å². The highest BCUT2D eigenvalue weighted by atomic mass is 16.5. The van der Waals surface area contributed by atoms with E-state index in [0.717, 1.165) is 11.3 Å². The van der Waals surface area contributed by atoms with E-state index in [9.17, 15) is 4.79 Å². The first kappa shape index (κ1) is 21.4. The summed E-state index contributed by atoms with van der Waals surface area (Å²) in [5.41, 5.74) is 2.99. The summed E-state index contributed by atoms with van der Waals surface area (Å²) >= 11 is 0. The van der Waals surface area contributed by atoms with Gasteiger partial charge < -0.3 is 24.8 Å². The molecule has 6 heteroatoms. The lowest BCUT2D eigenvalue weighted by molar-refractivity contribution is 0.252. The standard InChI is InChI=1S/C22H30N2O4/c1-22(2,3)16-7-9-17(10-8-16)24-21(25)23-12-11-15-13-19(27-5)20(28-6)14-18(15)26-4/h7-10,13-14H,11-12H2,1-6H3,(H2,23,24,25). The van der Waals surface area contributed by atoms with Gasteiger partial charge in [0.1, 0.15) is 5.75 Å². The van der Waals surface area contributed by atoms with Crippen molar-refractivity contribution in [1.82, 2.24) is 5.32 Å². The van der Waals surface area contributed by atoms with Gasteiger partial charge in [-0.3, -0.25) is 0 Å². The lowest BCUT2D eigenvalue weighted by atomic mass is 9.87. The van der Waals surface area contributed by atoms with Gasteiger partial charge in [0, 0.05) is 18.3 Å². The maximum absolute atomic E-state index is 12.2. The molecule has 2 aromatic rings. The summed E-state index contributed by atoms with van der Waals surface area (Å²) in [6.45, 7) is 6.93. The van der Waals surface area contributed by atoms with Gasteiger partial charge in [0.15, 0.2) is 11.5 Å². The van der Waals surface area contributed by atoms with Crippen LogP contribution in [0.25, 0.3) is 0 Å². The predicted molar refractivity (Wildman–Crippen MR) is 112 cm³/mol. The largest absolute Gasteiger partial charge is 0.496 e. The summed E-state index contributed by atoms with van der Waals surface area (Å²) in [4.78, 5) is 12.2. The summed E-state index contributed by atoms with van der Waals surface area (Å²) in [5.74, 6) is 1.92. The molecule has 0 aliphatic rings. The minimum atomic E-state index is -0.247. The first-order chi connectivity index (χ1) is 13.3. The molecular formula is C22H30N2O4. The van der Waals surface area contributed by atoms with Crippen LogP contribution in [0, 0.1) is 0 Å². The Balaban J connectivity index is 1.93. The number of carbonyl (C=O) groups is 1. The molecule has 6 nitrogen and oxygen atoms in total. The zero-order valence-electron chi connectivity index (χ0n) is 17.5. The summed E-state index contributed by atoms with van der Waals surface area (Å²) < 4.78 is 16.0. The Morgan fingerprint density at radius 2 is 1.46 bits per heavy atom. The fraction of sp³-hybridized carbons (Fsp3) is 0.409. The number of nitrogens with one attached hydrogen (secondary N) is 2.